The number of aromatic nitrogens is 3. The SMILES string of the molecule is O=C(CSc1nnc(C2CC2)n1Cc1ccco1)Nc1ccc(I)cc1. The van der Waals surface area contributed by atoms with Crippen LogP contribution in [0.25, 0.3) is 0 Å². The van der Waals surface area contributed by atoms with Crippen LogP contribution in [-0.4, -0.2) is 26.4 Å². The summed E-state index contributed by atoms with van der Waals surface area (Å²) < 4.78 is 8.67. The maximum atomic E-state index is 12.2. The van der Waals surface area contributed by atoms with Gasteiger partial charge in [0.15, 0.2) is 5.16 Å². The third kappa shape index (κ3) is 4.29. The van der Waals surface area contributed by atoms with Gasteiger partial charge < -0.3 is 9.73 Å². The third-order valence-electron chi connectivity index (χ3n) is 4.04. The van der Waals surface area contributed by atoms with E-state index in [0.29, 0.717) is 12.5 Å². The predicted octanol–water partition coefficient (Wildman–Crippen LogP) is 4.13. The molecule has 6 nitrogen and oxygen atoms in total. The monoisotopic (exact) mass is 480 g/mol. The van der Waals surface area contributed by atoms with Crippen molar-refractivity contribution in [3.63, 3.8) is 0 Å². The van der Waals surface area contributed by atoms with Crippen LogP contribution in [0.2, 0.25) is 0 Å². The fourth-order valence-corrected chi connectivity index (χ4v) is 3.72. The number of hydrogen-bond donors (Lipinski definition) is 1. The molecule has 0 bridgehead atoms. The van der Waals surface area contributed by atoms with E-state index in [1.54, 1.807) is 6.26 Å². The van der Waals surface area contributed by atoms with Crippen LogP contribution in [-0.2, 0) is 11.3 Å². The van der Waals surface area contributed by atoms with Gasteiger partial charge in [-0.3, -0.25) is 9.36 Å². The third-order valence-corrected chi connectivity index (χ3v) is 5.73. The van der Waals surface area contributed by atoms with Gasteiger partial charge >= 0.3 is 0 Å². The zero-order valence-corrected chi connectivity index (χ0v) is 16.9. The van der Waals surface area contributed by atoms with Gasteiger partial charge in [0.2, 0.25) is 5.91 Å². The fraction of sp³-hybridized carbons (Fsp3) is 0.278. The molecule has 1 N–H and O–H groups in total. The van der Waals surface area contributed by atoms with Gasteiger partial charge in [0, 0.05) is 15.2 Å². The van der Waals surface area contributed by atoms with Crippen LogP contribution in [0.15, 0.2) is 52.2 Å². The Balaban J connectivity index is 1.42. The molecule has 2 heterocycles. The minimum absolute atomic E-state index is 0.0586. The molecule has 1 aliphatic carbocycles. The molecule has 0 spiro atoms. The second kappa shape index (κ2) is 7.83. The summed E-state index contributed by atoms with van der Waals surface area (Å²) in [4.78, 5) is 12.2. The smallest absolute Gasteiger partial charge is 0.234 e. The predicted molar refractivity (Wildman–Crippen MR) is 108 cm³/mol. The molecule has 1 aliphatic rings. The van der Waals surface area contributed by atoms with Gasteiger partial charge in [-0.15, -0.1) is 10.2 Å². The molecule has 0 aliphatic heterocycles. The highest BCUT2D eigenvalue weighted by Gasteiger charge is 2.30. The first-order valence-corrected chi connectivity index (χ1v) is 10.4. The lowest BCUT2D eigenvalue weighted by Gasteiger charge is -2.08. The van der Waals surface area contributed by atoms with Gasteiger partial charge in [-0.2, -0.15) is 0 Å². The van der Waals surface area contributed by atoms with Crippen molar-refractivity contribution in [2.24, 2.45) is 0 Å². The van der Waals surface area contributed by atoms with Crippen LogP contribution in [0.4, 0.5) is 5.69 Å². The molecule has 4 rings (SSSR count). The molecule has 134 valence electrons. The number of carbonyl (C=O) groups excluding carboxylic acids is 1. The maximum Gasteiger partial charge on any atom is 0.234 e. The number of anilines is 1. The van der Waals surface area contributed by atoms with Crippen molar-refractivity contribution in [1.82, 2.24) is 14.8 Å². The Morgan fingerprint density at radius 1 is 1.27 bits per heavy atom. The number of thioether (sulfide) groups is 1. The van der Waals surface area contributed by atoms with E-state index in [0.717, 1.165) is 38.8 Å². The maximum absolute atomic E-state index is 12.2. The van der Waals surface area contributed by atoms with Gasteiger partial charge in [-0.05, 0) is 71.8 Å². The Labute approximate surface area is 168 Å². The molecule has 1 saturated carbocycles. The van der Waals surface area contributed by atoms with Gasteiger partial charge in [0.25, 0.3) is 0 Å². The van der Waals surface area contributed by atoms with Crippen molar-refractivity contribution in [2.45, 2.75) is 30.5 Å². The van der Waals surface area contributed by atoms with Crippen LogP contribution in [0.1, 0.15) is 30.3 Å². The number of rotatable bonds is 7. The Morgan fingerprint density at radius 3 is 2.77 bits per heavy atom. The number of nitrogens with one attached hydrogen (secondary N) is 1. The van der Waals surface area contributed by atoms with Crippen LogP contribution in [0.3, 0.4) is 0 Å². The second-order valence-electron chi connectivity index (χ2n) is 6.12. The van der Waals surface area contributed by atoms with Gasteiger partial charge in [-0.25, -0.2) is 0 Å². The molecule has 0 unspecified atom stereocenters. The van der Waals surface area contributed by atoms with E-state index < -0.39 is 0 Å². The fourth-order valence-electron chi connectivity index (χ4n) is 2.62. The molecule has 26 heavy (non-hydrogen) atoms. The number of furan rings is 1. The molecule has 2 aromatic heterocycles. The molecular formula is C18H17IN4O2S. The van der Waals surface area contributed by atoms with Crippen molar-refractivity contribution >= 4 is 45.9 Å². The average Bonchev–Trinajstić information content (AvgIpc) is 3.20. The van der Waals surface area contributed by atoms with Crippen molar-refractivity contribution in [3.05, 3.63) is 57.8 Å². The number of hydrogen-bond acceptors (Lipinski definition) is 5. The Hall–Kier alpha value is -1.81. The topological polar surface area (TPSA) is 73.0 Å². The molecule has 0 radical (unpaired) electrons. The summed E-state index contributed by atoms with van der Waals surface area (Å²) in [6.07, 6.45) is 3.96. The average molecular weight is 480 g/mol. The van der Waals surface area contributed by atoms with Crippen LogP contribution >= 0.6 is 34.4 Å². The van der Waals surface area contributed by atoms with Gasteiger partial charge in [0.1, 0.15) is 11.6 Å². The normalized spacial score (nSPS) is 13.7. The molecule has 1 aromatic carbocycles. The Kier molecular flexibility index (Phi) is 5.30. The van der Waals surface area contributed by atoms with Crippen molar-refractivity contribution in [3.8, 4) is 0 Å². The second-order valence-corrected chi connectivity index (χ2v) is 8.31. The highest BCUT2D eigenvalue weighted by Crippen LogP contribution is 2.40. The number of nitrogens with zero attached hydrogens (tertiary/aromatic N) is 3. The largest absolute Gasteiger partial charge is 0.467 e. The summed E-state index contributed by atoms with van der Waals surface area (Å²) in [6.45, 7) is 0.590. The summed E-state index contributed by atoms with van der Waals surface area (Å²) in [7, 11) is 0. The van der Waals surface area contributed by atoms with E-state index in [9.17, 15) is 4.79 Å². The van der Waals surface area contributed by atoms with Gasteiger partial charge in [0.05, 0.1) is 18.6 Å². The number of halogens is 1. The lowest BCUT2D eigenvalue weighted by atomic mass is 10.3. The van der Waals surface area contributed by atoms with E-state index >= 15 is 0 Å². The standard InChI is InChI=1S/C18H17IN4O2S/c19-13-5-7-14(8-6-13)20-16(24)11-26-18-22-21-17(12-3-4-12)23(18)10-15-2-1-9-25-15/h1-2,5-9,12H,3-4,10-11H2,(H,20,24). The summed E-state index contributed by atoms with van der Waals surface area (Å²) in [5.41, 5.74) is 0.798. The van der Waals surface area contributed by atoms with Gasteiger partial charge in [-0.1, -0.05) is 11.8 Å². The molecule has 3 aromatic rings. The minimum Gasteiger partial charge on any atom is -0.467 e. The summed E-state index contributed by atoms with van der Waals surface area (Å²) in [5.74, 6) is 2.55. The minimum atomic E-state index is -0.0586. The highest BCUT2D eigenvalue weighted by atomic mass is 127. The van der Waals surface area contributed by atoms with Crippen molar-refractivity contribution < 1.29 is 9.21 Å². The first-order valence-electron chi connectivity index (χ1n) is 8.33. The van der Waals surface area contributed by atoms with Crippen molar-refractivity contribution in [1.29, 1.82) is 0 Å². The molecule has 1 fully saturated rings. The summed E-state index contributed by atoms with van der Waals surface area (Å²) in [5, 5.41) is 12.3. The van der Waals surface area contributed by atoms with E-state index in [1.807, 2.05) is 36.4 Å². The van der Waals surface area contributed by atoms with Crippen LogP contribution < -0.4 is 5.32 Å². The Bertz CT molecular complexity index is 889. The summed E-state index contributed by atoms with van der Waals surface area (Å²) in [6, 6.07) is 11.5. The lowest BCUT2D eigenvalue weighted by molar-refractivity contribution is -0.113. The van der Waals surface area contributed by atoms with Crippen molar-refractivity contribution in [2.75, 3.05) is 11.1 Å². The first-order chi connectivity index (χ1) is 12.7. The zero-order valence-electron chi connectivity index (χ0n) is 13.9. The van der Waals surface area contributed by atoms with E-state index in [-0.39, 0.29) is 11.7 Å². The molecule has 1 amide bonds. The first kappa shape index (κ1) is 17.6. The summed E-state index contributed by atoms with van der Waals surface area (Å²) >= 11 is 3.64. The Morgan fingerprint density at radius 2 is 2.08 bits per heavy atom. The van der Waals surface area contributed by atoms with E-state index in [1.165, 1.54) is 11.8 Å². The van der Waals surface area contributed by atoms with Crippen LogP contribution in [0, 0.1) is 3.57 Å². The molecule has 8 heteroatoms. The quantitative estimate of drug-likeness (QED) is 0.407. The molecule has 0 saturated heterocycles. The highest BCUT2D eigenvalue weighted by molar-refractivity contribution is 14.1. The number of carbonyl (C=O) groups is 1. The van der Waals surface area contributed by atoms with E-state index in [4.69, 9.17) is 4.42 Å². The number of benzene rings is 1. The van der Waals surface area contributed by atoms with E-state index in [2.05, 4.69) is 42.7 Å². The molecule has 0 atom stereocenters. The molecular weight excluding hydrogens is 463 g/mol. The number of amides is 1. The zero-order chi connectivity index (χ0) is 17.9. The van der Waals surface area contributed by atoms with Crippen LogP contribution in [0.5, 0.6) is 0 Å². The lowest BCUT2D eigenvalue weighted by Crippen LogP contribution is -2.15.